The fourth-order valence-corrected chi connectivity index (χ4v) is 2.13. The third-order valence-corrected chi connectivity index (χ3v) is 3.32. The smallest absolute Gasteiger partial charge is 0.213 e. The van der Waals surface area contributed by atoms with E-state index >= 15 is 0 Å². The summed E-state index contributed by atoms with van der Waals surface area (Å²) in [6.07, 6.45) is 0.737. The summed E-state index contributed by atoms with van der Waals surface area (Å²) in [6, 6.07) is 12.8. The predicted octanol–water partition coefficient (Wildman–Crippen LogP) is 3.13. The van der Waals surface area contributed by atoms with E-state index in [1.165, 1.54) is 4.90 Å². The summed E-state index contributed by atoms with van der Waals surface area (Å²) in [5.74, 6) is 0.00260. The van der Waals surface area contributed by atoms with Crippen LogP contribution in [0.1, 0.15) is 27.0 Å². The molecular formula is C17H17NO2. The van der Waals surface area contributed by atoms with E-state index in [1.54, 1.807) is 31.3 Å². The molecule has 20 heavy (non-hydrogen) atoms. The van der Waals surface area contributed by atoms with Crippen LogP contribution in [0.2, 0.25) is 0 Å². The van der Waals surface area contributed by atoms with Crippen molar-refractivity contribution < 1.29 is 9.59 Å². The molecule has 0 N–H and O–H groups in total. The Balaban J connectivity index is 2.31. The molecule has 0 aliphatic heterocycles. The topological polar surface area (TPSA) is 37.4 Å². The first-order valence-electron chi connectivity index (χ1n) is 6.43. The van der Waals surface area contributed by atoms with Crippen LogP contribution in [0.5, 0.6) is 0 Å². The summed E-state index contributed by atoms with van der Waals surface area (Å²) in [5.41, 5.74) is 4.22. The molecule has 0 radical (unpaired) electrons. The Hall–Kier alpha value is -2.42. The minimum Gasteiger partial charge on any atom is -0.318 e. The van der Waals surface area contributed by atoms with Gasteiger partial charge in [0.2, 0.25) is 6.41 Å². The number of rotatable bonds is 4. The summed E-state index contributed by atoms with van der Waals surface area (Å²) in [7, 11) is 1.67. The molecule has 0 saturated heterocycles. The van der Waals surface area contributed by atoms with Crippen molar-refractivity contribution in [3.63, 3.8) is 0 Å². The molecule has 0 heterocycles. The van der Waals surface area contributed by atoms with E-state index < -0.39 is 0 Å². The maximum atomic E-state index is 12.4. The van der Waals surface area contributed by atoms with E-state index in [0.717, 1.165) is 23.2 Å². The van der Waals surface area contributed by atoms with E-state index in [2.05, 4.69) is 0 Å². The second-order valence-electron chi connectivity index (χ2n) is 4.91. The minimum atomic E-state index is 0.00260. The molecule has 3 heteroatoms. The van der Waals surface area contributed by atoms with Crippen LogP contribution in [-0.2, 0) is 4.79 Å². The third kappa shape index (κ3) is 2.77. The molecule has 0 bridgehead atoms. The Kier molecular flexibility index (Phi) is 3.99. The zero-order valence-electron chi connectivity index (χ0n) is 11.9. The van der Waals surface area contributed by atoms with Crippen molar-refractivity contribution in [1.82, 2.24) is 0 Å². The van der Waals surface area contributed by atoms with Crippen LogP contribution in [0.25, 0.3) is 0 Å². The lowest BCUT2D eigenvalue weighted by atomic mass is 9.97. The Morgan fingerprint density at radius 3 is 2.25 bits per heavy atom. The molecule has 0 spiro atoms. The predicted molar refractivity (Wildman–Crippen MR) is 80.3 cm³/mol. The fourth-order valence-electron chi connectivity index (χ4n) is 2.13. The average Bonchev–Trinajstić information content (AvgIpc) is 2.46. The summed E-state index contributed by atoms with van der Waals surface area (Å²) >= 11 is 0. The third-order valence-electron chi connectivity index (χ3n) is 3.32. The Morgan fingerprint density at radius 2 is 1.70 bits per heavy atom. The zero-order chi connectivity index (χ0) is 14.7. The van der Waals surface area contributed by atoms with Crippen molar-refractivity contribution in [2.75, 3.05) is 11.9 Å². The summed E-state index contributed by atoms with van der Waals surface area (Å²) in [4.78, 5) is 24.6. The lowest BCUT2D eigenvalue weighted by Crippen LogP contribution is -2.13. The molecule has 3 nitrogen and oxygen atoms in total. The fraction of sp³-hybridized carbons (Fsp3) is 0.176. The number of aryl methyl sites for hydroxylation is 2. The molecule has 0 unspecified atom stereocenters. The normalized spacial score (nSPS) is 10.2. The first-order valence-corrected chi connectivity index (χ1v) is 6.43. The van der Waals surface area contributed by atoms with Crippen molar-refractivity contribution in [3.05, 3.63) is 64.7 Å². The van der Waals surface area contributed by atoms with Gasteiger partial charge in [0.05, 0.1) is 0 Å². The molecular weight excluding hydrogens is 250 g/mol. The summed E-state index contributed by atoms with van der Waals surface area (Å²) < 4.78 is 0. The molecule has 2 rings (SSSR count). The van der Waals surface area contributed by atoms with Gasteiger partial charge in [0.25, 0.3) is 0 Å². The highest BCUT2D eigenvalue weighted by atomic mass is 16.1. The van der Waals surface area contributed by atoms with Crippen LogP contribution in [-0.4, -0.2) is 19.2 Å². The van der Waals surface area contributed by atoms with E-state index in [-0.39, 0.29) is 5.78 Å². The number of anilines is 1. The number of carbonyl (C=O) groups is 2. The molecule has 1 amide bonds. The molecule has 0 fully saturated rings. The van der Waals surface area contributed by atoms with Gasteiger partial charge in [-0.3, -0.25) is 9.59 Å². The molecule has 2 aromatic carbocycles. The number of amides is 1. The highest BCUT2D eigenvalue weighted by Gasteiger charge is 2.12. The molecule has 0 aliphatic rings. The number of hydrogen-bond acceptors (Lipinski definition) is 2. The maximum absolute atomic E-state index is 12.4. The number of ketones is 1. The highest BCUT2D eigenvalue weighted by Crippen LogP contribution is 2.18. The van der Waals surface area contributed by atoms with Gasteiger partial charge in [0.1, 0.15) is 0 Å². The molecule has 0 aliphatic carbocycles. The first-order chi connectivity index (χ1) is 9.52. The van der Waals surface area contributed by atoms with Crippen LogP contribution in [0, 0.1) is 13.8 Å². The molecule has 0 saturated carbocycles. The van der Waals surface area contributed by atoms with Crippen LogP contribution in [0.4, 0.5) is 5.69 Å². The second kappa shape index (κ2) is 5.70. The van der Waals surface area contributed by atoms with Crippen molar-refractivity contribution in [3.8, 4) is 0 Å². The van der Waals surface area contributed by atoms with Gasteiger partial charge in [0, 0.05) is 23.9 Å². The average molecular weight is 267 g/mol. The first kappa shape index (κ1) is 14.0. The quantitative estimate of drug-likeness (QED) is 0.630. The van der Waals surface area contributed by atoms with Gasteiger partial charge in [-0.05, 0) is 43.7 Å². The van der Waals surface area contributed by atoms with Gasteiger partial charge in [-0.1, -0.05) is 23.8 Å². The van der Waals surface area contributed by atoms with Gasteiger partial charge in [-0.25, -0.2) is 0 Å². The van der Waals surface area contributed by atoms with Gasteiger partial charge in [-0.2, -0.15) is 0 Å². The van der Waals surface area contributed by atoms with Crippen molar-refractivity contribution in [2.45, 2.75) is 13.8 Å². The summed E-state index contributed by atoms with van der Waals surface area (Å²) in [5, 5.41) is 0. The van der Waals surface area contributed by atoms with Crippen molar-refractivity contribution in [1.29, 1.82) is 0 Å². The number of benzene rings is 2. The number of hydrogen-bond donors (Lipinski definition) is 0. The molecule has 2 aromatic rings. The van der Waals surface area contributed by atoms with Gasteiger partial charge < -0.3 is 4.90 Å². The highest BCUT2D eigenvalue weighted by molar-refractivity contribution is 6.10. The lowest BCUT2D eigenvalue weighted by molar-refractivity contribution is -0.107. The van der Waals surface area contributed by atoms with Crippen LogP contribution < -0.4 is 4.90 Å². The molecule has 102 valence electrons. The van der Waals surface area contributed by atoms with Gasteiger partial charge >= 0.3 is 0 Å². The van der Waals surface area contributed by atoms with E-state index in [4.69, 9.17) is 0 Å². The van der Waals surface area contributed by atoms with Crippen LogP contribution in [0.3, 0.4) is 0 Å². The number of carbonyl (C=O) groups excluding carboxylic acids is 2. The van der Waals surface area contributed by atoms with Crippen molar-refractivity contribution >= 4 is 17.9 Å². The summed E-state index contributed by atoms with van der Waals surface area (Å²) in [6.45, 7) is 3.94. The van der Waals surface area contributed by atoms with Crippen LogP contribution >= 0.6 is 0 Å². The van der Waals surface area contributed by atoms with Gasteiger partial charge in [-0.15, -0.1) is 0 Å². The largest absolute Gasteiger partial charge is 0.318 e. The maximum Gasteiger partial charge on any atom is 0.213 e. The monoisotopic (exact) mass is 267 g/mol. The second-order valence-corrected chi connectivity index (χ2v) is 4.91. The lowest BCUT2D eigenvalue weighted by Gasteiger charge is -2.11. The van der Waals surface area contributed by atoms with Crippen LogP contribution in [0.15, 0.2) is 42.5 Å². The Morgan fingerprint density at radius 1 is 1.05 bits per heavy atom. The molecule has 0 atom stereocenters. The van der Waals surface area contributed by atoms with Gasteiger partial charge in [0.15, 0.2) is 5.78 Å². The van der Waals surface area contributed by atoms with E-state index in [9.17, 15) is 9.59 Å². The van der Waals surface area contributed by atoms with E-state index in [0.29, 0.717) is 11.1 Å². The Labute approximate surface area is 118 Å². The standard InChI is InChI=1S/C17H17NO2/c1-12-4-9-16(13(2)10-12)17(20)14-5-7-15(8-6-14)18(3)11-19/h4-11H,1-3H3. The number of nitrogens with zero attached hydrogens (tertiary/aromatic N) is 1. The zero-order valence-corrected chi connectivity index (χ0v) is 11.9. The minimum absolute atomic E-state index is 0.00260. The van der Waals surface area contributed by atoms with E-state index in [1.807, 2.05) is 32.0 Å². The van der Waals surface area contributed by atoms with Crippen molar-refractivity contribution in [2.24, 2.45) is 0 Å². The molecule has 0 aromatic heterocycles. The Bertz CT molecular complexity index is 645. The SMILES string of the molecule is Cc1ccc(C(=O)c2ccc(N(C)C=O)cc2)c(C)c1.